The molecule has 1 aromatic carbocycles. The van der Waals surface area contributed by atoms with E-state index in [1.54, 1.807) is 30.3 Å². The Labute approximate surface area is 94.4 Å². The van der Waals surface area contributed by atoms with E-state index in [-0.39, 0.29) is 12.2 Å². The van der Waals surface area contributed by atoms with Gasteiger partial charge in [-0.3, -0.25) is 9.59 Å². The van der Waals surface area contributed by atoms with Crippen molar-refractivity contribution in [2.75, 3.05) is 0 Å². The topological polar surface area (TPSA) is 54.4 Å². The summed E-state index contributed by atoms with van der Waals surface area (Å²) < 4.78 is 0. The zero-order chi connectivity index (χ0) is 12.0. The van der Waals surface area contributed by atoms with Crippen LogP contribution in [-0.4, -0.2) is 16.9 Å². The monoisotopic (exact) mass is 218 g/mol. The molecule has 16 heavy (non-hydrogen) atoms. The Balaban J connectivity index is 2.82. The molecule has 0 radical (unpaired) electrons. The van der Waals surface area contributed by atoms with Crippen molar-refractivity contribution in [3.63, 3.8) is 0 Å². The molecule has 0 saturated heterocycles. The number of carbonyl (C=O) groups is 2. The van der Waals surface area contributed by atoms with Crippen LogP contribution in [0.4, 0.5) is 0 Å². The molecule has 3 heteroatoms. The van der Waals surface area contributed by atoms with Crippen LogP contribution in [-0.2, 0) is 4.79 Å². The van der Waals surface area contributed by atoms with Gasteiger partial charge in [-0.25, -0.2) is 0 Å². The minimum Gasteiger partial charge on any atom is -0.481 e. The lowest BCUT2D eigenvalue weighted by atomic mass is 9.92. The molecule has 0 aliphatic carbocycles. The average molecular weight is 218 g/mol. The molecule has 0 amide bonds. The van der Waals surface area contributed by atoms with Gasteiger partial charge in [-0.15, -0.1) is 6.58 Å². The quantitative estimate of drug-likeness (QED) is 0.589. The number of carboxylic acid groups (broad SMARTS) is 1. The van der Waals surface area contributed by atoms with Crippen LogP contribution in [0.15, 0.2) is 43.0 Å². The summed E-state index contributed by atoms with van der Waals surface area (Å²) in [5, 5.41) is 8.72. The predicted molar refractivity (Wildman–Crippen MR) is 61.3 cm³/mol. The van der Waals surface area contributed by atoms with E-state index < -0.39 is 11.9 Å². The van der Waals surface area contributed by atoms with E-state index in [4.69, 9.17) is 5.11 Å². The fraction of sp³-hybridized carbons (Fsp3) is 0.231. The number of Topliss-reactive ketones (excluding diaryl/α,β-unsaturated/α-hetero) is 1. The molecule has 3 nitrogen and oxygen atoms in total. The standard InChI is InChI=1S/C13H14O3/c1-2-6-11(9-12(14)15)13(16)10-7-4-3-5-8-10/h2-5,7-8,11H,1,6,9H2,(H,14,15). The summed E-state index contributed by atoms with van der Waals surface area (Å²) >= 11 is 0. The Kier molecular flexibility index (Phi) is 4.45. The summed E-state index contributed by atoms with van der Waals surface area (Å²) in [4.78, 5) is 22.6. The van der Waals surface area contributed by atoms with Gasteiger partial charge in [0.05, 0.1) is 6.42 Å². The lowest BCUT2D eigenvalue weighted by Gasteiger charge is -2.11. The second-order valence-electron chi connectivity index (χ2n) is 3.55. The van der Waals surface area contributed by atoms with Gasteiger partial charge >= 0.3 is 5.97 Å². The molecule has 0 aromatic heterocycles. The van der Waals surface area contributed by atoms with E-state index in [0.29, 0.717) is 12.0 Å². The first-order valence-corrected chi connectivity index (χ1v) is 5.07. The SMILES string of the molecule is C=CCC(CC(=O)O)C(=O)c1ccccc1. The van der Waals surface area contributed by atoms with Crippen LogP contribution in [0.3, 0.4) is 0 Å². The van der Waals surface area contributed by atoms with Crippen LogP contribution < -0.4 is 0 Å². The Morgan fingerprint density at radius 3 is 2.44 bits per heavy atom. The number of rotatable bonds is 6. The van der Waals surface area contributed by atoms with Crippen molar-refractivity contribution in [3.05, 3.63) is 48.6 Å². The van der Waals surface area contributed by atoms with Crippen LogP contribution in [0.25, 0.3) is 0 Å². The zero-order valence-corrected chi connectivity index (χ0v) is 8.93. The Bertz CT molecular complexity index is 381. The highest BCUT2D eigenvalue weighted by Crippen LogP contribution is 2.16. The third-order valence-electron chi connectivity index (χ3n) is 2.30. The fourth-order valence-electron chi connectivity index (χ4n) is 1.53. The molecule has 0 saturated carbocycles. The highest BCUT2D eigenvalue weighted by atomic mass is 16.4. The summed E-state index contributed by atoms with van der Waals surface area (Å²) in [6.07, 6.45) is 1.81. The number of carboxylic acids is 1. The van der Waals surface area contributed by atoms with Gasteiger partial charge in [-0.05, 0) is 6.42 Å². The van der Waals surface area contributed by atoms with E-state index in [1.807, 2.05) is 6.07 Å². The molecular formula is C13H14O3. The third-order valence-corrected chi connectivity index (χ3v) is 2.30. The molecule has 1 atom stereocenters. The van der Waals surface area contributed by atoms with Gasteiger partial charge in [0.2, 0.25) is 0 Å². The summed E-state index contributed by atoms with van der Waals surface area (Å²) in [6, 6.07) is 8.73. The van der Waals surface area contributed by atoms with E-state index in [9.17, 15) is 9.59 Å². The Hall–Kier alpha value is -1.90. The Morgan fingerprint density at radius 2 is 1.94 bits per heavy atom. The minimum atomic E-state index is -0.962. The van der Waals surface area contributed by atoms with Gasteiger partial charge in [0.1, 0.15) is 0 Å². The molecule has 1 rings (SSSR count). The third kappa shape index (κ3) is 3.35. The summed E-state index contributed by atoms with van der Waals surface area (Å²) in [5.74, 6) is -1.61. The van der Waals surface area contributed by atoms with Crippen LogP contribution in [0.5, 0.6) is 0 Å². The fourth-order valence-corrected chi connectivity index (χ4v) is 1.53. The molecular weight excluding hydrogens is 204 g/mol. The largest absolute Gasteiger partial charge is 0.481 e. The van der Waals surface area contributed by atoms with E-state index in [2.05, 4.69) is 6.58 Å². The van der Waals surface area contributed by atoms with Gasteiger partial charge in [0.15, 0.2) is 5.78 Å². The van der Waals surface area contributed by atoms with Gasteiger partial charge in [-0.1, -0.05) is 36.4 Å². The van der Waals surface area contributed by atoms with Crippen LogP contribution in [0, 0.1) is 5.92 Å². The van der Waals surface area contributed by atoms with Crippen LogP contribution in [0.2, 0.25) is 0 Å². The average Bonchev–Trinajstić information content (AvgIpc) is 2.28. The molecule has 0 fully saturated rings. The molecule has 0 aliphatic rings. The Morgan fingerprint density at radius 1 is 1.31 bits per heavy atom. The normalized spacial score (nSPS) is 11.8. The summed E-state index contributed by atoms with van der Waals surface area (Å²) in [5.41, 5.74) is 0.551. The van der Waals surface area contributed by atoms with E-state index in [0.717, 1.165) is 0 Å². The van der Waals surface area contributed by atoms with Crippen molar-refractivity contribution in [3.8, 4) is 0 Å². The maximum Gasteiger partial charge on any atom is 0.304 e. The number of benzene rings is 1. The van der Waals surface area contributed by atoms with E-state index in [1.165, 1.54) is 0 Å². The first-order valence-electron chi connectivity index (χ1n) is 5.07. The van der Waals surface area contributed by atoms with Crippen molar-refractivity contribution >= 4 is 11.8 Å². The maximum absolute atomic E-state index is 12.0. The first kappa shape index (κ1) is 12.2. The highest BCUT2D eigenvalue weighted by Gasteiger charge is 2.21. The molecule has 1 aromatic rings. The summed E-state index contributed by atoms with van der Waals surface area (Å²) in [6.45, 7) is 3.54. The molecule has 0 heterocycles. The van der Waals surface area contributed by atoms with Crippen molar-refractivity contribution < 1.29 is 14.7 Å². The van der Waals surface area contributed by atoms with Crippen LogP contribution in [0.1, 0.15) is 23.2 Å². The lowest BCUT2D eigenvalue weighted by Crippen LogP contribution is -2.18. The molecule has 0 bridgehead atoms. The molecule has 0 aliphatic heterocycles. The number of ketones is 1. The maximum atomic E-state index is 12.0. The second-order valence-corrected chi connectivity index (χ2v) is 3.55. The van der Waals surface area contributed by atoms with Gasteiger partial charge in [-0.2, -0.15) is 0 Å². The van der Waals surface area contributed by atoms with Crippen molar-refractivity contribution in [2.24, 2.45) is 5.92 Å². The summed E-state index contributed by atoms with van der Waals surface area (Å²) in [7, 11) is 0. The van der Waals surface area contributed by atoms with E-state index >= 15 is 0 Å². The van der Waals surface area contributed by atoms with Crippen molar-refractivity contribution in [1.82, 2.24) is 0 Å². The number of aliphatic carboxylic acids is 1. The first-order chi connectivity index (χ1) is 7.65. The lowest BCUT2D eigenvalue weighted by molar-refractivity contribution is -0.137. The van der Waals surface area contributed by atoms with Gasteiger partial charge < -0.3 is 5.11 Å². The highest BCUT2D eigenvalue weighted by molar-refractivity contribution is 5.99. The number of carbonyl (C=O) groups excluding carboxylic acids is 1. The molecule has 1 N–H and O–H groups in total. The number of allylic oxidation sites excluding steroid dienone is 1. The van der Waals surface area contributed by atoms with Crippen molar-refractivity contribution in [2.45, 2.75) is 12.8 Å². The number of hydrogen-bond donors (Lipinski definition) is 1. The predicted octanol–water partition coefficient (Wildman–Crippen LogP) is 2.54. The van der Waals surface area contributed by atoms with Gasteiger partial charge in [0.25, 0.3) is 0 Å². The second kappa shape index (κ2) is 5.85. The smallest absolute Gasteiger partial charge is 0.304 e. The minimum absolute atomic E-state index is 0.136. The number of hydrogen-bond acceptors (Lipinski definition) is 2. The molecule has 1 unspecified atom stereocenters. The van der Waals surface area contributed by atoms with Gasteiger partial charge in [0, 0.05) is 11.5 Å². The molecule has 84 valence electrons. The zero-order valence-electron chi connectivity index (χ0n) is 8.93. The molecule has 0 spiro atoms. The van der Waals surface area contributed by atoms with Crippen molar-refractivity contribution in [1.29, 1.82) is 0 Å². The van der Waals surface area contributed by atoms with Crippen LogP contribution >= 0.6 is 0 Å².